The molecule has 2 aromatic rings. The largest absolute Gasteiger partial charge is 0.508 e. The Kier molecular flexibility index (Phi) is 5.13. The minimum atomic E-state index is -0.394. The standard InChI is InChI=1S/C24H34N2O/c1-22(2,25)21-16-24(23(3,4)26,18-10-12-19(27)13-11-18)15-14-20(21)17-8-6-5-7-9-17/h5-13,20-21,27H,14-16,25-26H2,1-4H3. The summed E-state index contributed by atoms with van der Waals surface area (Å²) >= 11 is 0. The van der Waals surface area contributed by atoms with E-state index in [0.717, 1.165) is 19.3 Å². The van der Waals surface area contributed by atoms with Gasteiger partial charge in [-0.25, -0.2) is 0 Å². The Morgan fingerprint density at radius 1 is 0.926 bits per heavy atom. The van der Waals surface area contributed by atoms with Gasteiger partial charge in [0.15, 0.2) is 0 Å². The van der Waals surface area contributed by atoms with Crippen molar-refractivity contribution in [3.63, 3.8) is 0 Å². The Bertz CT molecular complexity index is 756. The van der Waals surface area contributed by atoms with Gasteiger partial charge in [-0.2, -0.15) is 0 Å². The van der Waals surface area contributed by atoms with Gasteiger partial charge >= 0.3 is 0 Å². The first kappa shape index (κ1) is 19.9. The molecule has 0 spiro atoms. The number of hydrogen-bond acceptors (Lipinski definition) is 3. The predicted octanol–water partition coefficient (Wildman–Crippen LogP) is 4.69. The summed E-state index contributed by atoms with van der Waals surface area (Å²) in [4.78, 5) is 0. The molecule has 0 saturated heterocycles. The first-order chi connectivity index (χ1) is 12.5. The maximum Gasteiger partial charge on any atom is 0.115 e. The summed E-state index contributed by atoms with van der Waals surface area (Å²) in [5, 5.41) is 9.76. The van der Waals surface area contributed by atoms with E-state index in [4.69, 9.17) is 11.5 Å². The number of benzene rings is 2. The van der Waals surface area contributed by atoms with Gasteiger partial charge in [0, 0.05) is 16.5 Å². The Morgan fingerprint density at radius 2 is 1.52 bits per heavy atom. The van der Waals surface area contributed by atoms with Crippen LogP contribution in [0, 0.1) is 5.92 Å². The number of phenols is 1. The second-order valence-corrected chi connectivity index (χ2v) is 9.54. The average Bonchev–Trinajstić information content (AvgIpc) is 2.61. The van der Waals surface area contributed by atoms with Crippen LogP contribution in [0.5, 0.6) is 5.75 Å². The molecule has 146 valence electrons. The molecule has 3 nitrogen and oxygen atoms in total. The third-order valence-corrected chi connectivity index (χ3v) is 6.77. The normalized spacial score (nSPS) is 26.7. The molecule has 3 atom stereocenters. The SMILES string of the molecule is CC(C)(N)C1CC(c2ccc(O)cc2)(C(C)(C)N)CCC1c1ccccc1. The van der Waals surface area contributed by atoms with Crippen molar-refractivity contribution in [3.05, 3.63) is 65.7 Å². The highest BCUT2D eigenvalue weighted by Crippen LogP contribution is 2.54. The maximum atomic E-state index is 9.76. The van der Waals surface area contributed by atoms with Gasteiger partial charge in [0.2, 0.25) is 0 Å². The minimum absolute atomic E-state index is 0.173. The van der Waals surface area contributed by atoms with Gasteiger partial charge in [-0.05, 0) is 82.1 Å². The van der Waals surface area contributed by atoms with Crippen molar-refractivity contribution in [2.24, 2.45) is 17.4 Å². The van der Waals surface area contributed by atoms with Crippen LogP contribution in [0.15, 0.2) is 54.6 Å². The highest BCUT2D eigenvalue weighted by atomic mass is 16.3. The van der Waals surface area contributed by atoms with Crippen LogP contribution in [0.1, 0.15) is 64.0 Å². The zero-order valence-electron chi connectivity index (χ0n) is 17.1. The molecule has 1 saturated carbocycles. The summed E-state index contributed by atoms with van der Waals surface area (Å²) < 4.78 is 0. The smallest absolute Gasteiger partial charge is 0.115 e. The number of hydrogen-bond donors (Lipinski definition) is 3. The van der Waals surface area contributed by atoms with Crippen LogP contribution in [0.2, 0.25) is 0 Å². The summed E-state index contributed by atoms with van der Waals surface area (Å²) in [6, 6.07) is 18.4. The van der Waals surface area contributed by atoms with E-state index in [9.17, 15) is 5.11 Å². The van der Waals surface area contributed by atoms with Crippen molar-refractivity contribution in [1.29, 1.82) is 0 Å². The number of rotatable bonds is 4. The first-order valence-electron chi connectivity index (χ1n) is 9.97. The zero-order chi connectivity index (χ0) is 19.9. The fourth-order valence-electron chi connectivity index (χ4n) is 5.10. The fraction of sp³-hybridized carbons (Fsp3) is 0.500. The van der Waals surface area contributed by atoms with Gasteiger partial charge in [-0.15, -0.1) is 0 Å². The molecular weight excluding hydrogens is 332 g/mol. The van der Waals surface area contributed by atoms with Gasteiger partial charge in [0.1, 0.15) is 5.75 Å². The van der Waals surface area contributed by atoms with Crippen molar-refractivity contribution in [2.45, 2.75) is 69.4 Å². The molecule has 0 bridgehead atoms. The lowest BCUT2D eigenvalue weighted by atomic mass is 9.52. The van der Waals surface area contributed by atoms with Crippen LogP contribution in [0.3, 0.4) is 0 Å². The van der Waals surface area contributed by atoms with Gasteiger partial charge in [0.25, 0.3) is 0 Å². The quantitative estimate of drug-likeness (QED) is 0.735. The molecule has 3 unspecified atom stereocenters. The summed E-state index contributed by atoms with van der Waals surface area (Å²) in [6.45, 7) is 8.54. The van der Waals surface area contributed by atoms with Gasteiger partial charge in [0.05, 0.1) is 0 Å². The second-order valence-electron chi connectivity index (χ2n) is 9.54. The average molecular weight is 367 g/mol. The van der Waals surface area contributed by atoms with Crippen molar-refractivity contribution < 1.29 is 5.11 Å². The molecule has 0 aromatic heterocycles. The molecule has 1 aliphatic carbocycles. The maximum absolute atomic E-state index is 9.76. The van der Waals surface area contributed by atoms with Crippen molar-refractivity contribution in [1.82, 2.24) is 0 Å². The molecule has 27 heavy (non-hydrogen) atoms. The van der Waals surface area contributed by atoms with Crippen LogP contribution in [-0.4, -0.2) is 16.2 Å². The van der Waals surface area contributed by atoms with Gasteiger partial charge in [-0.3, -0.25) is 0 Å². The lowest BCUT2D eigenvalue weighted by Crippen LogP contribution is -2.60. The number of aromatic hydroxyl groups is 1. The van der Waals surface area contributed by atoms with E-state index in [2.05, 4.69) is 58.0 Å². The number of nitrogens with two attached hydrogens (primary N) is 2. The van der Waals surface area contributed by atoms with E-state index in [0.29, 0.717) is 11.8 Å². The highest BCUT2D eigenvalue weighted by molar-refractivity contribution is 5.37. The molecule has 5 N–H and O–H groups in total. The molecule has 0 heterocycles. The summed E-state index contributed by atoms with van der Waals surface area (Å²) in [7, 11) is 0. The lowest BCUT2D eigenvalue weighted by Gasteiger charge is -2.55. The van der Waals surface area contributed by atoms with Gasteiger partial charge in [-0.1, -0.05) is 42.5 Å². The molecule has 3 heteroatoms. The number of phenolic OH excluding ortho intramolecular Hbond substituents is 1. The molecule has 0 radical (unpaired) electrons. The van der Waals surface area contributed by atoms with E-state index in [-0.39, 0.29) is 16.7 Å². The Labute approximate surface area is 163 Å². The Morgan fingerprint density at radius 3 is 2.04 bits per heavy atom. The van der Waals surface area contributed by atoms with Crippen LogP contribution >= 0.6 is 0 Å². The summed E-state index contributed by atoms with van der Waals surface area (Å²) in [5.41, 5.74) is 15.2. The third-order valence-electron chi connectivity index (χ3n) is 6.77. The van der Waals surface area contributed by atoms with E-state index >= 15 is 0 Å². The first-order valence-corrected chi connectivity index (χ1v) is 9.97. The van der Waals surface area contributed by atoms with Crippen LogP contribution in [-0.2, 0) is 5.41 Å². The monoisotopic (exact) mass is 366 g/mol. The second kappa shape index (κ2) is 6.96. The zero-order valence-corrected chi connectivity index (χ0v) is 17.1. The topological polar surface area (TPSA) is 72.3 Å². The fourth-order valence-corrected chi connectivity index (χ4v) is 5.10. The van der Waals surface area contributed by atoms with E-state index in [1.54, 1.807) is 12.1 Å². The highest BCUT2D eigenvalue weighted by Gasteiger charge is 2.52. The predicted molar refractivity (Wildman–Crippen MR) is 113 cm³/mol. The molecule has 3 rings (SSSR count). The van der Waals surface area contributed by atoms with Crippen LogP contribution in [0.25, 0.3) is 0 Å². The van der Waals surface area contributed by atoms with Crippen molar-refractivity contribution in [2.75, 3.05) is 0 Å². The summed E-state index contributed by atoms with van der Waals surface area (Å²) in [5.74, 6) is 1.03. The van der Waals surface area contributed by atoms with Crippen molar-refractivity contribution >= 4 is 0 Å². The van der Waals surface area contributed by atoms with E-state index in [1.165, 1.54) is 11.1 Å². The van der Waals surface area contributed by atoms with Gasteiger partial charge < -0.3 is 16.6 Å². The Hall–Kier alpha value is -1.84. The lowest BCUT2D eigenvalue weighted by molar-refractivity contribution is 0.0863. The molecule has 1 aliphatic rings. The van der Waals surface area contributed by atoms with Crippen LogP contribution in [0.4, 0.5) is 0 Å². The molecule has 0 aliphatic heterocycles. The molecular formula is C24H34N2O. The van der Waals surface area contributed by atoms with E-state index < -0.39 is 5.54 Å². The minimum Gasteiger partial charge on any atom is -0.508 e. The molecule has 0 amide bonds. The third kappa shape index (κ3) is 3.76. The van der Waals surface area contributed by atoms with Crippen molar-refractivity contribution in [3.8, 4) is 5.75 Å². The Balaban J connectivity index is 2.07. The summed E-state index contributed by atoms with van der Waals surface area (Å²) in [6.07, 6.45) is 2.99. The van der Waals surface area contributed by atoms with E-state index in [1.807, 2.05) is 12.1 Å². The molecule has 2 aromatic carbocycles. The van der Waals surface area contributed by atoms with Crippen LogP contribution < -0.4 is 11.5 Å². The molecule has 1 fully saturated rings.